The molecule has 17 heavy (non-hydrogen) atoms. The minimum Gasteiger partial charge on any atom is -0.396 e. The standard InChI is InChI=1S/C12H15Cl2NO2/c1-8(2-3-16)7-15-12(17)9-4-10(13)6-11(14)5-9/h4-6,8,16H,2-3,7H2,1H3,(H,15,17). The van der Waals surface area contributed by atoms with Crippen molar-refractivity contribution in [3.05, 3.63) is 33.8 Å². The van der Waals surface area contributed by atoms with Gasteiger partial charge in [0.2, 0.25) is 0 Å². The molecule has 0 radical (unpaired) electrons. The Balaban J connectivity index is 2.58. The average molecular weight is 276 g/mol. The summed E-state index contributed by atoms with van der Waals surface area (Å²) in [4.78, 5) is 11.8. The Morgan fingerprint density at radius 2 is 1.94 bits per heavy atom. The van der Waals surface area contributed by atoms with Gasteiger partial charge in [-0.1, -0.05) is 30.1 Å². The van der Waals surface area contributed by atoms with Crippen LogP contribution in [0.4, 0.5) is 0 Å². The summed E-state index contributed by atoms with van der Waals surface area (Å²) in [6, 6.07) is 4.72. The molecule has 1 rings (SSSR count). The van der Waals surface area contributed by atoms with Crippen molar-refractivity contribution in [2.24, 2.45) is 5.92 Å². The summed E-state index contributed by atoms with van der Waals surface area (Å²) in [5, 5.41) is 12.4. The van der Waals surface area contributed by atoms with Crippen LogP contribution < -0.4 is 5.32 Å². The molecule has 0 saturated heterocycles. The quantitative estimate of drug-likeness (QED) is 0.868. The number of hydrogen-bond acceptors (Lipinski definition) is 2. The molecule has 94 valence electrons. The number of nitrogens with one attached hydrogen (secondary N) is 1. The molecule has 0 aromatic heterocycles. The van der Waals surface area contributed by atoms with Crippen LogP contribution in [0.15, 0.2) is 18.2 Å². The molecule has 1 atom stereocenters. The summed E-state index contributed by atoms with van der Waals surface area (Å²) in [6.45, 7) is 2.60. The maximum Gasteiger partial charge on any atom is 0.251 e. The van der Waals surface area contributed by atoms with Gasteiger partial charge in [-0.3, -0.25) is 4.79 Å². The van der Waals surface area contributed by atoms with E-state index in [4.69, 9.17) is 28.3 Å². The maximum absolute atomic E-state index is 11.8. The van der Waals surface area contributed by atoms with Crippen LogP contribution in [0.3, 0.4) is 0 Å². The topological polar surface area (TPSA) is 49.3 Å². The van der Waals surface area contributed by atoms with Gasteiger partial charge < -0.3 is 10.4 Å². The molecule has 0 fully saturated rings. The molecule has 1 aromatic carbocycles. The first-order valence-electron chi connectivity index (χ1n) is 5.38. The lowest BCUT2D eigenvalue weighted by molar-refractivity contribution is 0.0945. The van der Waals surface area contributed by atoms with Crippen molar-refractivity contribution in [1.82, 2.24) is 5.32 Å². The van der Waals surface area contributed by atoms with Gasteiger partial charge in [-0.25, -0.2) is 0 Å². The van der Waals surface area contributed by atoms with Crippen LogP contribution in [-0.4, -0.2) is 24.2 Å². The van der Waals surface area contributed by atoms with Crippen LogP contribution in [0.1, 0.15) is 23.7 Å². The van der Waals surface area contributed by atoms with Crippen molar-refractivity contribution in [1.29, 1.82) is 0 Å². The zero-order valence-electron chi connectivity index (χ0n) is 9.54. The van der Waals surface area contributed by atoms with Gasteiger partial charge in [-0.2, -0.15) is 0 Å². The first-order valence-corrected chi connectivity index (χ1v) is 6.13. The van der Waals surface area contributed by atoms with Gasteiger partial charge in [0.15, 0.2) is 0 Å². The molecule has 0 bridgehead atoms. The molecular weight excluding hydrogens is 261 g/mol. The number of benzene rings is 1. The highest BCUT2D eigenvalue weighted by Gasteiger charge is 2.09. The molecule has 0 aliphatic carbocycles. The van der Waals surface area contributed by atoms with Crippen molar-refractivity contribution >= 4 is 29.1 Å². The number of aliphatic hydroxyl groups excluding tert-OH is 1. The van der Waals surface area contributed by atoms with E-state index < -0.39 is 0 Å². The van der Waals surface area contributed by atoms with Crippen molar-refractivity contribution in [3.8, 4) is 0 Å². The van der Waals surface area contributed by atoms with Crippen LogP contribution in [0.25, 0.3) is 0 Å². The highest BCUT2D eigenvalue weighted by atomic mass is 35.5. The molecule has 0 aliphatic heterocycles. The first kappa shape index (κ1) is 14.3. The average Bonchev–Trinajstić information content (AvgIpc) is 2.25. The van der Waals surface area contributed by atoms with E-state index in [2.05, 4.69) is 5.32 Å². The number of hydrogen-bond donors (Lipinski definition) is 2. The fourth-order valence-corrected chi connectivity index (χ4v) is 1.90. The van der Waals surface area contributed by atoms with E-state index in [-0.39, 0.29) is 18.4 Å². The Morgan fingerprint density at radius 1 is 1.35 bits per heavy atom. The molecule has 1 unspecified atom stereocenters. The highest BCUT2D eigenvalue weighted by Crippen LogP contribution is 2.18. The van der Waals surface area contributed by atoms with Gasteiger partial charge >= 0.3 is 0 Å². The number of carbonyl (C=O) groups is 1. The van der Waals surface area contributed by atoms with E-state index in [1.165, 1.54) is 0 Å². The molecule has 2 N–H and O–H groups in total. The summed E-state index contributed by atoms with van der Waals surface area (Å²) in [5.74, 6) is 0.0257. The third kappa shape index (κ3) is 4.94. The molecule has 0 aliphatic rings. The highest BCUT2D eigenvalue weighted by molar-refractivity contribution is 6.35. The Kier molecular flexibility index (Phi) is 5.75. The van der Waals surface area contributed by atoms with Crippen molar-refractivity contribution < 1.29 is 9.90 Å². The number of amides is 1. The maximum atomic E-state index is 11.8. The Bertz CT molecular complexity index is 376. The largest absolute Gasteiger partial charge is 0.396 e. The summed E-state index contributed by atoms with van der Waals surface area (Å²) in [6.07, 6.45) is 0.663. The van der Waals surface area contributed by atoms with E-state index in [0.717, 1.165) is 0 Å². The Morgan fingerprint density at radius 3 is 2.47 bits per heavy atom. The van der Waals surface area contributed by atoms with Gasteiger partial charge in [-0.15, -0.1) is 0 Å². The number of rotatable bonds is 5. The molecule has 3 nitrogen and oxygen atoms in total. The fourth-order valence-electron chi connectivity index (χ4n) is 1.38. The second kappa shape index (κ2) is 6.84. The Hall–Kier alpha value is -0.770. The van der Waals surface area contributed by atoms with E-state index in [1.54, 1.807) is 18.2 Å². The fraction of sp³-hybridized carbons (Fsp3) is 0.417. The zero-order chi connectivity index (χ0) is 12.8. The van der Waals surface area contributed by atoms with E-state index in [1.807, 2.05) is 6.92 Å². The van der Waals surface area contributed by atoms with Gasteiger partial charge in [0.1, 0.15) is 0 Å². The van der Waals surface area contributed by atoms with E-state index >= 15 is 0 Å². The predicted octanol–water partition coefficient (Wildman–Crippen LogP) is 2.74. The summed E-state index contributed by atoms with van der Waals surface area (Å²) in [5.41, 5.74) is 0.443. The van der Waals surface area contributed by atoms with Crippen LogP contribution >= 0.6 is 23.2 Å². The van der Waals surface area contributed by atoms with Gasteiger partial charge in [0.05, 0.1) is 0 Å². The molecule has 0 heterocycles. The smallest absolute Gasteiger partial charge is 0.251 e. The van der Waals surface area contributed by atoms with Crippen LogP contribution in [0, 0.1) is 5.92 Å². The van der Waals surface area contributed by atoms with Crippen LogP contribution in [0.5, 0.6) is 0 Å². The lowest BCUT2D eigenvalue weighted by Crippen LogP contribution is -2.28. The summed E-state index contributed by atoms with van der Waals surface area (Å²) in [7, 11) is 0. The van der Waals surface area contributed by atoms with Crippen LogP contribution in [-0.2, 0) is 0 Å². The lowest BCUT2D eigenvalue weighted by Gasteiger charge is -2.11. The third-order valence-electron chi connectivity index (χ3n) is 2.36. The number of aliphatic hydroxyl groups is 1. The SMILES string of the molecule is CC(CCO)CNC(=O)c1cc(Cl)cc(Cl)c1. The monoisotopic (exact) mass is 275 g/mol. The second-order valence-corrected chi connectivity index (χ2v) is 4.86. The Labute approximate surface area is 111 Å². The molecular formula is C12H15Cl2NO2. The minimum absolute atomic E-state index is 0.125. The number of halogens is 2. The molecule has 0 spiro atoms. The molecule has 1 amide bonds. The second-order valence-electron chi connectivity index (χ2n) is 3.99. The minimum atomic E-state index is -0.209. The van der Waals surface area contributed by atoms with E-state index in [9.17, 15) is 4.79 Å². The molecule has 5 heteroatoms. The first-order chi connectivity index (χ1) is 8.02. The van der Waals surface area contributed by atoms with E-state index in [0.29, 0.717) is 28.6 Å². The third-order valence-corrected chi connectivity index (χ3v) is 2.79. The predicted molar refractivity (Wildman–Crippen MR) is 69.7 cm³/mol. The van der Waals surface area contributed by atoms with Crippen molar-refractivity contribution in [2.45, 2.75) is 13.3 Å². The van der Waals surface area contributed by atoms with Crippen molar-refractivity contribution in [3.63, 3.8) is 0 Å². The van der Waals surface area contributed by atoms with Crippen LogP contribution in [0.2, 0.25) is 10.0 Å². The molecule has 0 saturated carbocycles. The lowest BCUT2D eigenvalue weighted by atomic mass is 10.1. The normalized spacial score (nSPS) is 12.2. The van der Waals surface area contributed by atoms with Crippen molar-refractivity contribution in [2.75, 3.05) is 13.2 Å². The van der Waals surface area contributed by atoms with Gasteiger partial charge in [0, 0.05) is 28.8 Å². The molecule has 1 aromatic rings. The summed E-state index contributed by atoms with van der Waals surface area (Å²) < 4.78 is 0. The number of carbonyl (C=O) groups excluding carboxylic acids is 1. The van der Waals surface area contributed by atoms with Gasteiger partial charge in [0.25, 0.3) is 5.91 Å². The zero-order valence-corrected chi connectivity index (χ0v) is 11.1. The van der Waals surface area contributed by atoms with Gasteiger partial charge in [-0.05, 0) is 30.5 Å². The summed E-state index contributed by atoms with van der Waals surface area (Å²) >= 11 is 11.6.